The average molecular weight is 290 g/mol. The van der Waals surface area contributed by atoms with E-state index in [4.69, 9.17) is 10.8 Å². The Bertz CT molecular complexity index is 579. The summed E-state index contributed by atoms with van der Waals surface area (Å²) in [6.07, 6.45) is 1.92. The number of primary amides is 1. The van der Waals surface area contributed by atoms with Crippen molar-refractivity contribution < 1.29 is 23.1 Å². The van der Waals surface area contributed by atoms with Crippen LogP contribution in [-0.4, -0.2) is 41.0 Å². The minimum atomic E-state index is -4.11. The molecule has 0 aliphatic rings. The fourth-order valence-corrected chi connectivity index (χ4v) is 2.42. The summed E-state index contributed by atoms with van der Waals surface area (Å²) in [5, 5.41) is 8.51. The summed E-state index contributed by atoms with van der Waals surface area (Å²) in [5.41, 5.74) is 4.86. The average Bonchev–Trinajstić information content (AvgIpc) is 2.76. The number of nitrogens with one attached hydrogen (secondary N) is 1. The standard InChI is InChI=1S/C9H14N4O5S/c1-2-13-4-8(11-5-13)19(17,18)12-6(9(15)16)3-7(10)14/h4-6,12H,2-3H2,1H3,(H2,10,14)(H,15,16)/t6-/m0/s1. The number of aryl methyl sites for hydroxylation is 1. The van der Waals surface area contributed by atoms with Crippen LogP contribution < -0.4 is 10.5 Å². The Morgan fingerprint density at radius 3 is 2.63 bits per heavy atom. The van der Waals surface area contributed by atoms with E-state index < -0.39 is 34.4 Å². The molecule has 4 N–H and O–H groups in total. The third-order valence-corrected chi connectivity index (χ3v) is 3.61. The molecule has 0 saturated carbocycles. The summed E-state index contributed by atoms with van der Waals surface area (Å²) in [5.74, 6) is -2.41. The van der Waals surface area contributed by atoms with E-state index in [0.29, 0.717) is 6.54 Å². The molecule has 9 nitrogen and oxygen atoms in total. The van der Waals surface area contributed by atoms with Crippen molar-refractivity contribution in [3.63, 3.8) is 0 Å². The topological polar surface area (TPSA) is 144 Å². The Labute approximate surface area is 109 Å². The van der Waals surface area contributed by atoms with Gasteiger partial charge in [0.25, 0.3) is 10.0 Å². The molecule has 0 fully saturated rings. The zero-order valence-corrected chi connectivity index (χ0v) is 10.9. The number of hydrogen-bond acceptors (Lipinski definition) is 5. The number of aromatic nitrogens is 2. The molecule has 0 aliphatic heterocycles. The van der Waals surface area contributed by atoms with Crippen molar-refractivity contribution in [1.29, 1.82) is 0 Å². The number of imidazole rings is 1. The van der Waals surface area contributed by atoms with E-state index in [1.54, 1.807) is 6.92 Å². The Morgan fingerprint density at radius 1 is 1.58 bits per heavy atom. The van der Waals surface area contributed by atoms with E-state index in [1.807, 2.05) is 4.72 Å². The highest BCUT2D eigenvalue weighted by Crippen LogP contribution is 2.07. The number of carbonyl (C=O) groups is 2. The third kappa shape index (κ3) is 4.03. The Balaban J connectivity index is 2.93. The van der Waals surface area contributed by atoms with Crippen LogP contribution >= 0.6 is 0 Å². The van der Waals surface area contributed by atoms with Gasteiger partial charge in [0.2, 0.25) is 5.91 Å². The number of nitrogens with zero attached hydrogens (tertiary/aromatic N) is 2. The summed E-state index contributed by atoms with van der Waals surface area (Å²) in [6.45, 7) is 2.31. The lowest BCUT2D eigenvalue weighted by Gasteiger charge is -2.11. The first-order valence-electron chi connectivity index (χ1n) is 5.31. The molecule has 0 radical (unpaired) electrons. The molecule has 106 valence electrons. The molecule has 1 aromatic heterocycles. The second-order valence-corrected chi connectivity index (χ2v) is 5.39. The van der Waals surface area contributed by atoms with Crippen molar-refractivity contribution in [3.8, 4) is 0 Å². The number of carbonyl (C=O) groups excluding carboxylic acids is 1. The quantitative estimate of drug-likeness (QED) is 0.558. The molecule has 1 aromatic rings. The first kappa shape index (κ1) is 15.1. The number of carboxylic acids is 1. The molecular weight excluding hydrogens is 276 g/mol. The van der Waals surface area contributed by atoms with E-state index in [9.17, 15) is 18.0 Å². The number of hydrogen-bond donors (Lipinski definition) is 3. The maximum Gasteiger partial charge on any atom is 0.322 e. The number of nitrogens with two attached hydrogens (primary N) is 1. The molecule has 10 heteroatoms. The lowest BCUT2D eigenvalue weighted by molar-refractivity contribution is -0.140. The molecule has 0 aromatic carbocycles. The molecule has 1 rings (SSSR count). The van der Waals surface area contributed by atoms with Gasteiger partial charge in [-0.2, -0.15) is 4.72 Å². The smallest absolute Gasteiger partial charge is 0.322 e. The lowest BCUT2D eigenvalue weighted by Crippen LogP contribution is -2.43. The number of sulfonamides is 1. The van der Waals surface area contributed by atoms with E-state index in [-0.39, 0.29) is 5.03 Å². The van der Waals surface area contributed by atoms with Crippen LogP contribution in [0.3, 0.4) is 0 Å². The highest BCUT2D eigenvalue weighted by Gasteiger charge is 2.28. The maximum absolute atomic E-state index is 11.9. The van der Waals surface area contributed by atoms with Crippen LogP contribution in [0.5, 0.6) is 0 Å². The summed E-state index contributed by atoms with van der Waals surface area (Å²) in [4.78, 5) is 25.2. The molecule has 1 heterocycles. The first-order chi connectivity index (χ1) is 8.76. The van der Waals surface area contributed by atoms with Gasteiger partial charge in [0.1, 0.15) is 6.04 Å². The summed E-state index contributed by atoms with van der Waals surface area (Å²) in [7, 11) is -4.11. The zero-order chi connectivity index (χ0) is 14.6. The molecule has 19 heavy (non-hydrogen) atoms. The highest BCUT2D eigenvalue weighted by molar-refractivity contribution is 7.89. The van der Waals surface area contributed by atoms with Crippen LogP contribution in [0.15, 0.2) is 17.6 Å². The van der Waals surface area contributed by atoms with Gasteiger partial charge in [0.05, 0.1) is 12.7 Å². The second kappa shape index (κ2) is 5.80. The Morgan fingerprint density at radius 2 is 2.21 bits per heavy atom. The van der Waals surface area contributed by atoms with E-state index in [0.717, 1.165) is 0 Å². The minimum absolute atomic E-state index is 0.315. The SMILES string of the molecule is CCn1cnc(S(=O)(=O)N[C@@H](CC(N)=O)C(=O)O)c1. The van der Waals surface area contributed by atoms with Crippen LogP contribution in [-0.2, 0) is 26.2 Å². The van der Waals surface area contributed by atoms with Crippen molar-refractivity contribution in [2.45, 2.75) is 31.0 Å². The van der Waals surface area contributed by atoms with Gasteiger partial charge in [0, 0.05) is 12.7 Å². The molecule has 1 atom stereocenters. The van der Waals surface area contributed by atoms with Gasteiger partial charge in [-0.15, -0.1) is 0 Å². The predicted molar refractivity (Wildman–Crippen MR) is 63.5 cm³/mol. The minimum Gasteiger partial charge on any atom is -0.480 e. The lowest BCUT2D eigenvalue weighted by atomic mass is 10.2. The van der Waals surface area contributed by atoms with Gasteiger partial charge >= 0.3 is 5.97 Å². The van der Waals surface area contributed by atoms with Crippen LogP contribution in [0.2, 0.25) is 0 Å². The monoisotopic (exact) mass is 290 g/mol. The fraction of sp³-hybridized carbons (Fsp3) is 0.444. The van der Waals surface area contributed by atoms with Crippen molar-refractivity contribution in [1.82, 2.24) is 14.3 Å². The second-order valence-electron chi connectivity index (χ2n) is 3.72. The van der Waals surface area contributed by atoms with Gasteiger partial charge < -0.3 is 15.4 Å². The highest BCUT2D eigenvalue weighted by atomic mass is 32.2. The van der Waals surface area contributed by atoms with Crippen molar-refractivity contribution in [3.05, 3.63) is 12.5 Å². The molecule has 0 bridgehead atoms. The number of aliphatic carboxylic acids is 1. The van der Waals surface area contributed by atoms with Gasteiger partial charge in [-0.1, -0.05) is 0 Å². The summed E-state index contributed by atoms with van der Waals surface area (Å²) >= 11 is 0. The van der Waals surface area contributed by atoms with Crippen molar-refractivity contribution in [2.24, 2.45) is 5.73 Å². The number of rotatable bonds is 7. The van der Waals surface area contributed by atoms with E-state index >= 15 is 0 Å². The zero-order valence-electron chi connectivity index (χ0n) is 10.1. The van der Waals surface area contributed by atoms with E-state index in [1.165, 1.54) is 17.1 Å². The van der Waals surface area contributed by atoms with Gasteiger partial charge in [-0.3, -0.25) is 9.59 Å². The molecule has 0 saturated heterocycles. The largest absolute Gasteiger partial charge is 0.480 e. The first-order valence-corrected chi connectivity index (χ1v) is 6.79. The molecule has 0 unspecified atom stereocenters. The number of amides is 1. The summed E-state index contributed by atoms with van der Waals surface area (Å²) in [6, 6.07) is -1.62. The van der Waals surface area contributed by atoms with Crippen LogP contribution in [0.25, 0.3) is 0 Å². The molecule has 1 amide bonds. The van der Waals surface area contributed by atoms with Gasteiger partial charge in [-0.05, 0) is 6.92 Å². The van der Waals surface area contributed by atoms with E-state index in [2.05, 4.69) is 4.98 Å². The summed E-state index contributed by atoms with van der Waals surface area (Å²) < 4.78 is 27.1. The van der Waals surface area contributed by atoms with Crippen LogP contribution in [0.4, 0.5) is 0 Å². The third-order valence-electron chi connectivity index (χ3n) is 2.25. The van der Waals surface area contributed by atoms with Crippen LogP contribution in [0.1, 0.15) is 13.3 Å². The molecule has 0 aliphatic carbocycles. The Kier molecular flexibility index (Phi) is 4.62. The van der Waals surface area contributed by atoms with Gasteiger partial charge in [-0.25, -0.2) is 13.4 Å². The van der Waals surface area contributed by atoms with Crippen molar-refractivity contribution in [2.75, 3.05) is 0 Å². The fourth-order valence-electron chi connectivity index (χ4n) is 1.28. The molecule has 0 spiro atoms. The maximum atomic E-state index is 11.9. The van der Waals surface area contributed by atoms with Gasteiger partial charge in [0.15, 0.2) is 5.03 Å². The predicted octanol–water partition coefficient (Wildman–Crippen LogP) is -1.49. The Hall–Kier alpha value is -1.94. The normalized spacial score (nSPS) is 13.1. The van der Waals surface area contributed by atoms with Crippen LogP contribution in [0, 0.1) is 0 Å². The van der Waals surface area contributed by atoms with Crippen molar-refractivity contribution >= 4 is 21.9 Å². The molecular formula is C9H14N4O5S. The number of carboxylic acid groups (broad SMARTS) is 1.